The molecule has 112 valence electrons. The number of benzene rings is 1. The summed E-state index contributed by atoms with van der Waals surface area (Å²) >= 11 is 0. The molecular formula is C14H18N4O2S. The number of anilines is 1. The summed E-state index contributed by atoms with van der Waals surface area (Å²) < 4.78 is 26.5. The second kappa shape index (κ2) is 6.64. The summed E-state index contributed by atoms with van der Waals surface area (Å²) in [6.45, 7) is 4.10. The molecule has 2 rings (SSSR count). The van der Waals surface area contributed by atoms with Crippen LogP contribution in [0.25, 0.3) is 0 Å². The van der Waals surface area contributed by atoms with Gasteiger partial charge >= 0.3 is 0 Å². The maximum Gasteiger partial charge on any atom is 0.240 e. The van der Waals surface area contributed by atoms with Gasteiger partial charge in [-0.3, -0.25) is 0 Å². The molecule has 0 saturated carbocycles. The van der Waals surface area contributed by atoms with Crippen LogP contribution < -0.4 is 10.0 Å². The average Bonchev–Trinajstić information content (AvgIpc) is 2.45. The Balaban J connectivity index is 2.02. The number of hydrogen-bond donors (Lipinski definition) is 2. The van der Waals surface area contributed by atoms with E-state index in [4.69, 9.17) is 0 Å². The highest BCUT2D eigenvalue weighted by molar-refractivity contribution is 7.89. The van der Waals surface area contributed by atoms with Gasteiger partial charge in [-0.25, -0.2) is 13.1 Å². The van der Waals surface area contributed by atoms with E-state index in [0.717, 1.165) is 11.4 Å². The van der Waals surface area contributed by atoms with Gasteiger partial charge in [-0.05, 0) is 50.2 Å². The second-order valence-electron chi connectivity index (χ2n) is 4.87. The first kappa shape index (κ1) is 15.4. The van der Waals surface area contributed by atoms with Gasteiger partial charge in [0.15, 0.2) is 0 Å². The Bertz CT molecular complexity index is 670. The first-order chi connectivity index (χ1) is 9.97. The Morgan fingerprint density at radius 1 is 1.14 bits per heavy atom. The number of sulfonamides is 1. The first-order valence-corrected chi connectivity index (χ1v) is 8.08. The molecule has 6 nitrogen and oxygen atoms in total. The molecule has 0 aliphatic heterocycles. The third kappa shape index (κ3) is 4.51. The van der Waals surface area contributed by atoms with Gasteiger partial charge in [0.2, 0.25) is 10.0 Å². The summed E-state index contributed by atoms with van der Waals surface area (Å²) in [5.74, 6) is 0. The average molecular weight is 306 g/mol. The Kier molecular flexibility index (Phi) is 4.87. The molecular weight excluding hydrogens is 288 g/mol. The van der Waals surface area contributed by atoms with Crippen molar-refractivity contribution in [2.24, 2.45) is 0 Å². The minimum absolute atomic E-state index is 0.135. The SMILES string of the molecule is CC(C)NS(=O)(=O)c1ccc(NCc2cccnn2)cc1. The summed E-state index contributed by atoms with van der Waals surface area (Å²) in [5, 5.41) is 10.9. The van der Waals surface area contributed by atoms with Gasteiger partial charge in [0.1, 0.15) is 0 Å². The summed E-state index contributed by atoms with van der Waals surface area (Å²) in [6, 6.07) is 10.1. The van der Waals surface area contributed by atoms with E-state index < -0.39 is 10.0 Å². The van der Waals surface area contributed by atoms with Crippen LogP contribution in [0.15, 0.2) is 47.5 Å². The van der Waals surface area contributed by atoms with Gasteiger partial charge in [0, 0.05) is 17.9 Å². The molecule has 1 heterocycles. The molecule has 0 aliphatic rings. The summed E-state index contributed by atoms with van der Waals surface area (Å²) in [5.41, 5.74) is 1.64. The fourth-order valence-corrected chi connectivity index (χ4v) is 3.00. The Morgan fingerprint density at radius 3 is 2.43 bits per heavy atom. The molecule has 0 saturated heterocycles. The van der Waals surface area contributed by atoms with Gasteiger partial charge in [0.05, 0.1) is 17.1 Å². The van der Waals surface area contributed by atoms with Crippen molar-refractivity contribution in [3.05, 3.63) is 48.3 Å². The fraction of sp³-hybridized carbons (Fsp3) is 0.286. The maximum absolute atomic E-state index is 12.0. The standard InChI is InChI=1S/C14H18N4O2S/c1-11(2)18-21(19,20)14-7-5-12(6-8-14)15-10-13-4-3-9-16-17-13/h3-9,11,15,18H,10H2,1-2H3. The predicted octanol–water partition coefficient (Wildman–Crippen LogP) is 1.78. The number of hydrogen-bond acceptors (Lipinski definition) is 5. The lowest BCUT2D eigenvalue weighted by atomic mass is 10.3. The number of rotatable bonds is 6. The lowest BCUT2D eigenvalue weighted by molar-refractivity contribution is 0.570. The van der Waals surface area contributed by atoms with E-state index in [0.29, 0.717) is 6.54 Å². The molecule has 0 bridgehead atoms. The second-order valence-corrected chi connectivity index (χ2v) is 6.58. The van der Waals surface area contributed by atoms with Gasteiger partial charge in [-0.1, -0.05) is 0 Å². The molecule has 0 spiro atoms. The minimum Gasteiger partial charge on any atom is -0.379 e. The van der Waals surface area contributed by atoms with Crippen molar-refractivity contribution in [1.29, 1.82) is 0 Å². The monoisotopic (exact) mass is 306 g/mol. The molecule has 2 aromatic rings. The summed E-state index contributed by atoms with van der Waals surface area (Å²) in [7, 11) is -3.44. The van der Waals surface area contributed by atoms with Crippen LogP contribution in [0.5, 0.6) is 0 Å². The van der Waals surface area contributed by atoms with Crippen LogP contribution in [0.3, 0.4) is 0 Å². The number of aromatic nitrogens is 2. The molecule has 0 atom stereocenters. The molecule has 0 aliphatic carbocycles. The van der Waals surface area contributed by atoms with Gasteiger partial charge in [-0.15, -0.1) is 0 Å². The van der Waals surface area contributed by atoms with Crippen LogP contribution >= 0.6 is 0 Å². The van der Waals surface area contributed by atoms with Crippen molar-refractivity contribution in [2.75, 3.05) is 5.32 Å². The normalized spacial score (nSPS) is 11.6. The first-order valence-electron chi connectivity index (χ1n) is 6.60. The molecule has 0 radical (unpaired) electrons. The van der Waals surface area contributed by atoms with Gasteiger partial charge in [-0.2, -0.15) is 10.2 Å². The van der Waals surface area contributed by atoms with E-state index in [1.54, 1.807) is 44.3 Å². The zero-order valence-corrected chi connectivity index (χ0v) is 12.8. The van der Waals surface area contributed by atoms with E-state index >= 15 is 0 Å². The van der Waals surface area contributed by atoms with Crippen LogP contribution in [0.1, 0.15) is 19.5 Å². The smallest absolute Gasteiger partial charge is 0.240 e. The van der Waals surface area contributed by atoms with Crippen LogP contribution in [0.2, 0.25) is 0 Å². The number of nitrogens with one attached hydrogen (secondary N) is 2. The largest absolute Gasteiger partial charge is 0.379 e. The zero-order valence-electron chi connectivity index (χ0n) is 11.9. The Hall–Kier alpha value is -1.99. The Labute approximate surface area is 124 Å². The third-order valence-corrected chi connectivity index (χ3v) is 4.33. The van der Waals surface area contributed by atoms with Gasteiger partial charge in [0.25, 0.3) is 0 Å². The van der Waals surface area contributed by atoms with Crippen LogP contribution in [0, 0.1) is 0 Å². The van der Waals surface area contributed by atoms with E-state index in [2.05, 4.69) is 20.2 Å². The molecule has 0 unspecified atom stereocenters. The van der Waals surface area contributed by atoms with Crippen LogP contribution in [0.4, 0.5) is 5.69 Å². The molecule has 1 aromatic heterocycles. The fourth-order valence-electron chi connectivity index (χ4n) is 1.75. The van der Waals surface area contributed by atoms with Crippen molar-refractivity contribution < 1.29 is 8.42 Å². The van der Waals surface area contributed by atoms with Gasteiger partial charge < -0.3 is 5.32 Å². The lowest BCUT2D eigenvalue weighted by Crippen LogP contribution is -2.30. The van der Waals surface area contributed by atoms with E-state index in [1.165, 1.54) is 0 Å². The van der Waals surface area contributed by atoms with Crippen molar-refractivity contribution in [2.45, 2.75) is 31.3 Å². The van der Waals surface area contributed by atoms with Crippen molar-refractivity contribution in [3.63, 3.8) is 0 Å². The van der Waals surface area contributed by atoms with E-state index in [-0.39, 0.29) is 10.9 Å². The van der Waals surface area contributed by atoms with Crippen LogP contribution in [-0.4, -0.2) is 24.7 Å². The molecule has 1 aromatic carbocycles. The van der Waals surface area contributed by atoms with Crippen molar-refractivity contribution in [3.8, 4) is 0 Å². The highest BCUT2D eigenvalue weighted by Gasteiger charge is 2.14. The Morgan fingerprint density at radius 2 is 1.86 bits per heavy atom. The molecule has 0 amide bonds. The highest BCUT2D eigenvalue weighted by atomic mass is 32.2. The van der Waals surface area contributed by atoms with E-state index in [9.17, 15) is 8.42 Å². The van der Waals surface area contributed by atoms with Crippen molar-refractivity contribution >= 4 is 15.7 Å². The lowest BCUT2D eigenvalue weighted by Gasteiger charge is -2.10. The third-order valence-electron chi connectivity index (χ3n) is 2.66. The molecule has 2 N–H and O–H groups in total. The topological polar surface area (TPSA) is 84.0 Å². The van der Waals surface area contributed by atoms with Crippen molar-refractivity contribution in [1.82, 2.24) is 14.9 Å². The highest BCUT2D eigenvalue weighted by Crippen LogP contribution is 2.14. The zero-order chi connectivity index (χ0) is 15.3. The maximum atomic E-state index is 12.0. The summed E-state index contributed by atoms with van der Waals surface area (Å²) in [6.07, 6.45) is 1.62. The molecule has 21 heavy (non-hydrogen) atoms. The van der Waals surface area contributed by atoms with E-state index in [1.807, 2.05) is 12.1 Å². The number of nitrogens with zero attached hydrogens (tertiary/aromatic N) is 2. The van der Waals surface area contributed by atoms with Crippen LogP contribution in [-0.2, 0) is 16.6 Å². The summed E-state index contributed by atoms with van der Waals surface area (Å²) in [4.78, 5) is 0.251. The quantitative estimate of drug-likeness (QED) is 0.850. The molecule has 7 heteroatoms. The minimum atomic E-state index is -3.44. The molecule has 0 fully saturated rings. The predicted molar refractivity (Wildman–Crippen MR) is 81.3 cm³/mol.